The van der Waals surface area contributed by atoms with Crippen molar-refractivity contribution < 1.29 is 0 Å². The van der Waals surface area contributed by atoms with E-state index in [-0.39, 0.29) is 0 Å². The Balaban J connectivity index is 2.10. The molecule has 3 N–H and O–H groups in total. The summed E-state index contributed by atoms with van der Waals surface area (Å²) in [5, 5.41) is 10.4. The van der Waals surface area contributed by atoms with E-state index in [1.807, 2.05) is 25.4 Å². The van der Waals surface area contributed by atoms with Crippen LogP contribution < -0.4 is 5.32 Å². The van der Waals surface area contributed by atoms with Crippen molar-refractivity contribution in [1.29, 1.82) is 0 Å². The van der Waals surface area contributed by atoms with Crippen LogP contribution in [0.1, 0.15) is 5.69 Å². The highest BCUT2D eigenvalue weighted by atomic mass is 15.1. The van der Waals surface area contributed by atoms with Crippen LogP contribution in [-0.4, -0.2) is 28.8 Å². The van der Waals surface area contributed by atoms with Gasteiger partial charge in [0.2, 0.25) is 0 Å². The Morgan fingerprint density at radius 2 is 2.43 bits per heavy atom. The predicted molar refractivity (Wildman–Crippen MR) is 56.0 cm³/mol. The first-order valence-corrected chi connectivity index (χ1v) is 4.73. The lowest BCUT2D eigenvalue weighted by Gasteiger charge is -1.93. The molecule has 0 atom stereocenters. The van der Waals surface area contributed by atoms with Crippen LogP contribution in [0.2, 0.25) is 0 Å². The molecule has 0 saturated heterocycles. The fourth-order valence-electron chi connectivity index (χ4n) is 1.38. The summed E-state index contributed by atoms with van der Waals surface area (Å²) in [5.74, 6) is 0. The highest BCUT2D eigenvalue weighted by molar-refractivity contribution is 5.54. The van der Waals surface area contributed by atoms with E-state index in [1.54, 1.807) is 0 Å². The molecular weight excluding hydrogens is 176 g/mol. The quantitative estimate of drug-likeness (QED) is 0.677. The fourth-order valence-corrected chi connectivity index (χ4v) is 1.38. The van der Waals surface area contributed by atoms with Crippen molar-refractivity contribution >= 4 is 0 Å². The van der Waals surface area contributed by atoms with Gasteiger partial charge < -0.3 is 10.3 Å². The van der Waals surface area contributed by atoms with E-state index in [0.717, 1.165) is 30.0 Å². The summed E-state index contributed by atoms with van der Waals surface area (Å²) in [6.07, 6.45) is 2.88. The molecule has 2 aromatic rings. The Labute approximate surface area is 82.7 Å². The molecule has 0 amide bonds. The van der Waals surface area contributed by atoms with Crippen LogP contribution in [0.5, 0.6) is 0 Å². The standard InChI is InChI=1S/C10H14N4/c1-11-6-4-8-7-10(14-13-8)9-3-2-5-12-9/h2-3,5,7,11-12H,4,6H2,1H3,(H,13,14). The average molecular weight is 190 g/mol. The number of nitrogens with zero attached hydrogens (tertiary/aromatic N) is 1. The minimum Gasteiger partial charge on any atom is -0.360 e. The first kappa shape index (κ1) is 9.02. The molecule has 4 nitrogen and oxygen atoms in total. The van der Waals surface area contributed by atoms with Gasteiger partial charge in [-0.15, -0.1) is 0 Å². The number of nitrogens with one attached hydrogen (secondary N) is 3. The van der Waals surface area contributed by atoms with Gasteiger partial charge >= 0.3 is 0 Å². The van der Waals surface area contributed by atoms with Gasteiger partial charge in [0.15, 0.2) is 0 Å². The summed E-state index contributed by atoms with van der Waals surface area (Å²) < 4.78 is 0. The molecule has 0 aliphatic heterocycles. The van der Waals surface area contributed by atoms with Crippen molar-refractivity contribution in [2.24, 2.45) is 0 Å². The maximum Gasteiger partial charge on any atom is 0.109 e. The van der Waals surface area contributed by atoms with E-state index < -0.39 is 0 Å². The van der Waals surface area contributed by atoms with Crippen molar-refractivity contribution in [2.75, 3.05) is 13.6 Å². The van der Waals surface area contributed by atoms with E-state index in [9.17, 15) is 0 Å². The molecule has 0 aliphatic carbocycles. The third-order valence-electron chi connectivity index (χ3n) is 2.15. The average Bonchev–Trinajstić information content (AvgIpc) is 2.85. The van der Waals surface area contributed by atoms with Gasteiger partial charge in [-0.2, -0.15) is 5.10 Å². The van der Waals surface area contributed by atoms with E-state index in [1.165, 1.54) is 0 Å². The molecule has 2 heterocycles. The van der Waals surface area contributed by atoms with Crippen LogP contribution in [-0.2, 0) is 6.42 Å². The number of aromatic amines is 2. The molecular formula is C10H14N4. The van der Waals surface area contributed by atoms with Gasteiger partial charge in [-0.1, -0.05) is 0 Å². The van der Waals surface area contributed by atoms with Gasteiger partial charge in [0.05, 0.1) is 5.69 Å². The van der Waals surface area contributed by atoms with Crippen molar-refractivity contribution in [3.8, 4) is 11.4 Å². The van der Waals surface area contributed by atoms with E-state index in [2.05, 4.69) is 26.6 Å². The molecule has 4 heteroatoms. The second-order valence-electron chi connectivity index (χ2n) is 3.22. The van der Waals surface area contributed by atoms with E-state index in [0.29, 0.717) is 0 Å². The smallest absolute Gasteiger partial charge is 0.109 e. The Hall–Kier alpha value is -1.55. The van der Waals surface area contributed by atoms with Crippen LogP contribution in [0.15, 0.2) is 24.4 Å². The van der Waals surface area contributed by atoms with Gasteiger partial charge in [-0.05, 0) is 25.2 Å². The lowest BCUT2D eigenvalue weighted by Crippen LogP contribution is -2.10. The molecule has 0 fully saturated rings. The van der Waals surface area contributed by atoms with Gasteiger partial charge in [0.25, 0.3) is 0 Å². The third kappa shape index (κ3) is 1.85. The maximum atomic E-state index is 4.23. The third-order valence-corrected chi connectivity index (χ3v) is 2.15. The summed E-state index contributed by atoms with van der Waals surface area (Å²) in [6, 6.07) is 6.05. The highest BCUT2D eigenvalue weighted by Crippen LogP contribution is 2.14. The number of H-pyrrole nitrogens is 2. The minimum atomic E-state index is 0.965. The maximum absolute atomic E-state index is 4.23. The van der Waals surface area contributed by atoms with Crippen molar-refractivity contribution in [3.05, 3.63) is 30.1 Å². The van der Waals surface area contributed by atoms with Crippen molar-refractivity contribution in [2.45, 2.75) is 6.42 Å². The molecule has 0 spiro atoms. The zero-order valence-electron chi connectivity index (χ0n) is 8.17. The molecule has 2 rings (SSSR count). The number of likely N-dealkylation sites (N-methyl/N-ethyl adjacent to an activating group) is 1. The largest absolute Gasteiger partial charge is 0.360 e. The molecule has 0 saturated carbocycles. The van der Waals surface area contributed by atoms with Crippen LogP contribution in [0, 0.1) is 0 Å². The molecule has 0 unspecified atom stereocenters. The number of aromatic nitrogens is 3. The van der Waals surface area contributed by atoms with E-state index >= 15 is 0 Å². The molecule has 14 heavy (non-hydrogen) atoms. The first-order valence-electron chi connectivity index (χ1n) is 4.73. The van der Waals surface area contributed by atoms with Gasteiger partial charge in [0, 0.05) is 24.9 Å². The second kappa shape index (κ2) is 4.11. The number of rotatable bonds is 4. The highest BCUT2D eigenvalue weighted by Gasteiger charge is 2.03. The second-order valence-corrected chi connectivity index (χ2v) is 3.22. The summed E-state index contributed by atoms with van der Waals surface area (Å²) >= 11 is 0. The normalized spacial score (nSPS) is 10.6. The zero-order valence-corrected chi connectivity index (χ0v) is 8.17. The minimum absolute atomic E-state index is 0.965. The van der Waals surface area contributed by atoms with Crippen LogP contribution in [0.25, 0.3) is 11.4 Å². The molecule has 74 valence electrons. The summed E-state index contributed by atoms with van der Waals surface area (Å²) in [4.78, 5) is 3.12. The van der Waals surface area contributed by atoms with Gasteiger partial charge in [-0.25, -0.2) is 0 Å². The Morgan fingerprint density at radius 1 is 1.50 bits per heavy atom. The molecule has 0 bridgehead atoms. The van der Waals surface area contributed by atoms with Gasteiger partial charge in [-0.3, -0.25) is 5.10 Å². The Bertz CT molecular complexity index is 374. The van der Waals surface area contributed by atoms with Crippen molar-refractivity contribution in [3.63, 3.8) is 0 Å². The Morgan fingerprint density at radius 3 is 3.14 bits per heavy atom. The number of hydrogen-bond acceptors (Lipinski definition) is 2. The molecule has 0 radical (unpaired) electrons. The molecule has 2 aromatic heterocycles. The van der Waals surface area contributed by atoms with Gasteiger partial charge in [0.1, 0.15) is 5.69 Å². The Kier molecular flexibility index (Phi) is 2.65. The summed E-state index contributed by atoms with van der Waals surface area (Å²) in [5.41, 5.74) is 3.18. The zero-order chi connectivity index (χ0) is 9.80. The molecule has 0 aliphatic rings. The topological polar surface area (TPSA) is 56.5 Å². The first-order chi connectivity index (χ1) is 6.90. The summed E-state index contributed by atoms with van der Waals surface area (Å²) in [7, 11) is 1.95. The van der Waals surface area contributed by atoms with E-state index in [4.69, 9.17) is 0 Å². The molecule has 0 aromatic carbocycles. The SMILES string of the molecule is CNCCc1cc(-c2ccc[nH]2)n[nH]1. The van der Waals surface area contributed by atoms with Crippen LogP contribution in [0.3, 0.4) is 0 Å². The predicted octanol–water partition coefficient (Wildman–Crippen LogP) is 1.17. The fraction of sp³-hybridized carbons (Fsp3) is 0.300. The van der Waals surface area contributed by atoms with Crippen molar-refractivity contribution in [1.82, 2.24) is 20.5 Å². The van der Waals surface area contributed by atoms with Crippen LogP contribution in [0.4, 0.5) is 0 Å². The lowest BCUT2D eigenvalue weighted by atomic mass is 10.2. The van der Waals surface area contributed by atoms with Crippen LogP contribution >= 0.6 is 0 Å². The lowest BCUT2D eigenvalue weighted by molar-refractivity contribution is 0.772. The monoisotopic (exact) mass is 190 g/mol. The number of hydrogen-bond donors (Lipinski definition) is 3. The summed E-state index contributed by atoms with van der Waals surface area (Å²) in [6.45, 7) is 0.965.